The highest BCUT2D eigenvalue weighted by atomic mass is 16.5. The van der Waals surface area contributed by atoms with Crippen molar-refractivity contribution in [2.45, 2.75) is 24.9 Å². The summed E-state index contributed by atoms with van der Waals surface area (Å²) in [5, 5.41) is 22.2. The van der Waals surface area contributed by atoms with Crippen molar-refractivity contribution in [1.29, 1.82) is 0 Å². The fraction of sp³-hybridized carbons (Fsp3) is 0.333. The van der Waals surface area contributed by atoms with Crippen LogP contribution in [-0.4, -0.2) is 27.7 Å². The molecule has 140 valence electrons. The fourth-order valence-electron chi connectivity index (χ4n) is 4.39. The van der Waals surface area contributed by atoms with Gasteiger partial charge in [-0.1, -0.05) is 30.3 Å². The van der Waals surface area contributed by atoms with Crippen molar-refractivity contribution in [2.24, 2.45) is 17.8 Å². The molecular weight excluding hydrogens is 346 g/mol. The molecule has 6 nitrogen and oxygen atoms in total. The molecule has 2 aliphatic rings. The van der Waals surface area contributed by atoms with Crippen LogP contribution in [0.15, 0.2) is 54.6 Å². The predicted molar refractivity (Wildman–Crippen MR) is 97.5 cm³/mol. The second-order valence-corrected chi connectivity index (χ2v) is 7.28. The summed E-state index contributed by atoms with van der Waals surface area (Å²) in [6.07, 6.45) is 1.11. The van der Waals surface area contributed by atoms with E-state index < -0.39 is 23.4 Å². The lowest BCUT2D eigenvalue weighted by atomic mass is 9.90. The van der Waals surface area contributed by atoms with Gasteiger partial charge in [-0.05, 0) is 48.6 Å². The van der Waals surface area contributed by atoms with Gasteiger partial charge in [0.25, 0.3) is 0 Å². The summed E-state index contributed by atoms with van der Waals surface area (Å²) in [5.74, 6) is -1.28. The molecule has 4 unspecified atom stereocenters. The van der Waals surface area contributed by atoms with Crippen LogP contribution in [0.25, 0.3) is 0 Å². The van der Waals surface area contributed by atoms with E-state index in [1.54, 1.807) is 0 Å². The number of rotatable bonds is 7. The molecule has 4 rings (SSSR count). The Bertz CT molecular complexity index is 851. The quantitative estimate of drug-likeness (QED) is 0.696. The third-order valence-electron chi connectivity index (χ3n) is 5.79. The highest BCUT2D eigenvalue weighted by Gasteiger charge is 2.71. The third kappa shape index (κ3) is 3.17. The number of fused-ring (bicyclic) bond motifs is 1. The van der Waals surface area contributed by atoms with Crippen LogP contribution in [-0.2, 0) is 16.1 Å². The molecule has 27 heavy (non-hydrogen) atoms. The molecule has 0 aromatic heterocycles. The molecule has 3 N–H and O–H groups in total. The predicted octanol–water partition coefficient (Wildman–Crippen LogP) is 3.13. The summed E-state index contributed by atoms with van der Waals surface area (Å²) in [5.41, 5.74) is -0.223. The van der Waals surface area contributed by atoms with E-state index in [0.29, 0.717) is 25.1 Å². The van der Waals surface area contributed by atoms with Crippen molar-refractivity contribution in [1.82, 2.24) is 5.32 Å². The first-order valence-corrected chi connectivity index (χ1v) is 9.04. The number of para-hydroxylation sites is 1. The number of hydrogen-bond donors (Lipinski definition) is 3. The molecular formula is C21H21NO5. The van der Waals surface area contributed by atoms with E-state index in [2.05, 4.69) is 5.32 Å². The maximum atomic E-state index is 11.9. The number of hydrogen-bond acceptors (Lipinski definition) is 4. The van der Waals surface area contributed by atoms with Gasteiger partial charge in [-0.3, -0.25) is 14.9 Å². The lowest BCUT2D eigenvalue weighted by Gasteiger charge is -2.28. The van der Waals surface area contributed by atoms with E-state index in [-0.39, 0.29) is 11.8 Å². The van der Waals surface area contributed by atoms with Crippen LogP contribution in [0.3, 0.4) is 0 Å². The Morgan fingerprint density at radius 3 is 2.30 bits per heavy atom. The van der Waals surface area contributed by atoms with Crippen LogP contribution in [0.5, 0.6) is 11.5 Å². The molecule has 0 radical (unpaired) electrons. The van der Waals surface area contributed by atoms with Gasteiger partial charge in [0, 0.05) is 12.5 Å². The van der Waals surface area contributed by atoms with Gasteiger partial charge >= 0.3 is 11.9 Å². The van der Waals surface area contributed by atoms with E-state index >= 15 is 0 Å². The molecule has 2 fully saturated rings. The number of carboxylic acids is 2. The largest absolute Gasteiger partial charge is 0.481 e. The van der Waals surface area contributed by atoms with E-state index in [1.807, 2.05) is 54.6 Å². The van der Waals surface area contributed by atoms with Gasteiger partial charge in [0.15, 0.2) is 0 Å². The van der Waals surface area contributed by atoms with Gasteiger partial charge in [-0.15, -0.1) is 0 Å². The molecule has 2 aromatic rings. The first kappa shape index (κ1) is 17.5. The molecule has 0 spiro atoms. The van der Waals surface area contributed by atoms with Crippen LogP contribution >= 0.6 is 0 Å². The molecule has 2 saturated carbocycles. The van der Waals surface area contributed by atoms with E-state index in [1.165, 1.54) is 0 Å². The van der Waals surface area contributed by atoms with Crippen LogP contribution in [0.2, 0.25) is 0 Å². The molecule has 0 saturated heterocycles. The molecule has 4 atom stereocenters. The Morgan fingerprint density at radius 2 is 1.70 bits per heavy atom. The van der Waals surface area contributed by atoms with Crippen molar-refractivity contribution in [2.75, 3.05) is 0 Å². The smallest absolute Gasteiger partial charge is 0.324 e. The molecule has 0 amide bonds. The summed E-state index contributed by atoms with van der Waals surface area (Å²) < 4.78 is 5.75. The van der Waals surface area contributed by atoms with Crippen LogP contribution < -0.4 is 10.1 Å². The minimum atomic E-state index is -1.15. The maximum Gasteiger partial charge on any atom is 0.324 e. The number of benzene rings is 2. The standard InChI is InChI=1S/C21H21NO5/c23-19(24)17-16-10-11-21(18(16)17,20(25)26)22-12-13-6-8-15(9-7-13)27-14-4-2-1-3-5-14/h1-9,16-18,22H,10-12H2,(H,23,24)(H,25,26). The minimum absolute atomic E-state index is 0.0206. The lowest BCUT2D eigenvalue weighted by molar-refractivity contribution is -0.147. The van der Waals surface area contributed by atoms with Crippen molar-refractivity contribution in [3.05, 3.63) is 60.2 Å². The molecule has 0 aliphatic heterocycles. The molecule has 0 bridgehead atoms. The third-order valence-corrected chi connectivity index (χ3v) is 5.79. The van der Waals surface area contributed by atoms with Crippen molar-refractivity contribution < 1.29 is 24.5 Å². The second kappa shape index (κ2) is 6.70. The topological polar surface area (TPSA) is 95.9 Å². The number of carbonyl (C=O) groups is 2. The summed E-state index contributed by atoms with van der Waals surface area (Å²) in [6.45, 7) is 0.369. The Labute approximate surface area is 156 Å². The summed E-state index contributed by atoms with van der Waals surface area (Å²) in [4.78, 5) is 23.2. The fourth-order valence-corrected chi connectivity index (χ4v) is 4.39. The number of aliphatic carboxylic acids is 2. The van der Waals surface area contributed by atoms with Crippen molar-refractivity contribution in [3.63, 3.8) is 0 Å². The SMILES string of the molecule is O=C(O)C1C2CCC(NCc3ccc(Oc4ccccc4)cc3)(C(=O)O)C21. The zero-order chi connectivity index (χ0) is 19.0. The molecule has 2 aromatic carbocycles. The Morgan fingerprint density at radius 1 is 1.04 bits per heavy atom. The first-order valence-electron chi connectivity index (χ1n) is 9.04. The molecule has 0 heterocycles. The van der Waals surface area contributed by atoms with E-state index in [9.17, 15) is 19.8 Å². The summed E-state index contributed by atoms with van der Waals surface area (Å²) >= 11 is 0. The monoisotopic (exact) mass is 367 g/mol. The van der Waals surface area contributed by atoms with Crippen LogP contribution in [0.1, 0.15) is 18.4 Å². The number of carboxylic acid groups (broad SMARTS) is 2. The zero-order valence-corrected chi connectivity index (χ0v) is 14.7. The van der Waals surface area contributed by atoms with Crippen molar-refractivity contribution in [3.8, 4) is 11.5 Å². The molecule has 2 aliphatic carbocycles. The van der Waals surface area contributed by atoms with Gasteiger partial charge in [0.05, 0.1) is 5.92 Å². The van der Waals surface area contributed by atoms with Crippen LogP contribution in [0.4, 0.5) is 0 Å². The Balaban J connectivity index is 1.42. The minimum Gasteiger partial charge on any atom is -0.481 e. The van der Waals surface area contributed by atoms with Crippen molar-refractivity contribution >= 4 is 11.9 Å². The van der Waals surface area contributed by atoms with Gasteiger partial charge in [-0.2, -0.15) is 0 Å². The van der Waals surface area contributed by atoms with E-state index in [0.717, 1.165) is 11.3 Å². The zero-order valence-electron chi connectivity index (χ0n) is 14.7. The van der Waals surface area contributed by atoms with Gasteiger partial charge < -0.3 is 14.9 Å². The summed E-state index contributed by atoms with van der Waals surface area (Å²) in [6, 6.07) is 16.9. The second-order valence-electron chi connectivity index (χ2n) is 7.28. The highest BCUT2D eigenvalue weighted by molar-refractivity contribution is 5.85. The first-order chi connectivity index (χ1) is 13.0. The maximum absolute atomic E-state index is 11.9. The van der Waals surface area contributed by atoms with Gasteiger partial charge in [-0.25, -0.2) is 0 Å². The van der Waals surface area contributed by atoms with Crippen LogP contribution in [0, 0.1) is 17.8 Å². The summed E-state index contributed by atoms with van der Waals surface area (Å²) in [7, 11) is 0. The number of ether oxygens (including phenoxy) is 1. The number of nitrogens with one attached hydrogen (secondary N) is 1. The lowest BCUT2D eigenvalue weighted by Crippen LogP contribution is -2.53. The average Bonchev–Trinajstić information content (AvgIpc) is 3.28. The highest BCUT2D eigenvalue weighted by Crippen LogP contribution is 2.62. The Hall–Kier alpha value is -2.86. The van der Waals surface area contributed by atoms with Gasteiger partial charge in [0.2, 0.25) is 0 Å². The van der Waals surface area contributed by atoms with Gasteiger partial charge in [0.1, 0.15) is 17.0 Å². The Kier molecular flexibility index (Phi) is 4.36. The normalized spacial score (nSPS) is 28.4. The molecule has 6 heteroatoms. The average molecular weight is 367 g/mol. The van der Waals surface area contributed by atoms with E-state index in [4.69, 9.17) is 4.74 Å².